The molecule has 0 heterocycles. The van der Waals surface area contributed by atoms with Crippen LogP contribution < -0.4 is 4.74 Å². The SMILES string of the molecule is N#Cc1cc(C#N)cc(Oc2c[c]ccc2)c1. The van der Waals surface area contributed by atoms with E-state index in [2.05, 4.69) is 6.07 Å². The Morgan fingerprint density at radius 2 is 1.71 bits per heavy atom. The molecule has 0 aromatic heterocycles. The van der Waals surface area contributed by atoms with E-state index in [9.17, 15) is 0 Å². The molecule has 2 aromatic carbocycles. The average molecular weight is 219 g/mol. The van der Waals surface area contributed by atoms with Gasteiger partial charge in [-0.2, -0.15) is 10.5 Å². The second kappa shape index (κ2) is 4.83. The van der Waals surface area contributed by atoms with Gasteiger partial charge >= 0.3 is 0 Å². The van der Waals surface area contributed by atoms with Crippen molar-refractivity contribution in [3.05, 3.63) is 59.7 Å². The van der Waals surface area contributed by atoms with Crippen LogP contribution in [0.15, 0.2) is 42.5 Å². The van der Waals surface area contributed by atoms with Crippen molar-refractivity contribution in [3.8, 4) is 23.6 Å². The van der Waals surface area contributed by atoms with Gasteiger partial charge in [0.05, 0.1) is 23.3 Å². The quantitative estimate of drug-likeness (QED) is 0.780. The Morgan fingerprint density at radius 1 is 1.00 bits per heavy atom. The van der Waals surface area contributed by atoms with E-state index in [0.29, 0.717) is 22.6 Å². The normalized spacial score (nSPS) is 9.06. The second-order valence-electron chi connectivity index (χ2n) is 3.31. The van der Waals surface area contributed by atoms with Crippen LogP contribution in [-0.4, -0.2) is 0 Å². The van der Waals surface area contributed by atoms with Crippen LogP contribution in [-0.2, 0) is 0 Å². The van der Waals surface area contributed by atoms with Crippen LogP contribution in [0, 0.1) is 28.7 Å². The molecule has 0 bridgehead atoms. The lowest BCUT2D eigenvalue weighted by Gasteiger charge is -2.05. The molecule has 0 fully saturated rings. The van der Waals surface area contributed by atoms with Crippen molar-refractivity contribution in [1.82, 2.24) is 0 Å². The first kappa shape index (κ1) is 10.7. The molecule has 0 aliphatic rings. The van der Waals surface area contributed by atoms with Crippen LogP contribution in [0.3, 0.4) is 0 Å². The number of ether oxygens (including phenoxy) is 1. The van der Waals surface area contributed by atoms with Crippen LogP contribution in [0.5, 0.6) is 11.5 Å². The summed E-state index contributed by atoms with van der Waals surface area (Å²) in [7, 11) is 0. The van der Waals surface area contributed by atoms with Gasteiger partial charge in [-0.25, -0.2) is 0 Å². The maximum Gasteiger partial charge on any atom is 0.130 e. The van der Waals surface area contributed by atoms with Gasteiger partial charge in [0.1, 0.15) is 11.5 Å². The van der Waals surface area contributed by atoms with Crippen molar-refractivity contribution >= 4 is 0 Å². The predicted molar refractivity (Wildman–Crippen MR) is 61.2 cm³/mol. The summed E-state index contributed by atoms with van der Waals surface area (Å²) in [5, 5.41) is 17.7. The summed E-state index contributed by atoms with van der Waals surface area (Å²) in [5.74, 6) is 1.09. The minimum atomic E-state index is 0.402. The fourth-order valence-corrected chi connectivity index (χ4v) is 1.36. The first-order valence-corrected chi connectivity index (χ1v) is 4.91. The molecule has 2 rings (SSSR count). The van der Waals surface area contributed by atoms with Crippen LogP contribution in [0.1, 0.15) is 11.1 Å². The zero-order valence-electron chi connectivity index (χ0n) is 8.84. The summed E-state index contributed by atoms with van der Waals surface area (Å²) in [5.41, 5.74) is 0.804. The van der Waals surface area contributed by atoms with Crippen LogP contribution in [0.2, 0.25) is 0 Å². The number of rotatable bonds is 2. The van der Waals surface area contributed by atoms with Crippen LogP contribution >= 0.6 is 0 Å². The Hall–Kier alpha value is -2.78. The molecule has 0 N–H and O–H groups in total. The maximum absolute atomic E-state index is 8.83. The molecule has 17 heavy (non-hydrogen) atoms. The topological polar surface area (TPSA) is 56.8 Å². The first-order chi connectivity index (χ1) is 8.31. The molecule has 0 saturated heterocycles. The monoisotopic (exact) mass is 219 g/mol. The molecule has 0 unspecified atom stereocenters. The summed E-state index contributed by atoms with van der Waals surface area (Å²) in [4.78, 5) is 0. The zero-order chi connectivity index (χ0) is 12.1. The van der Waals surface area contributed by atoms with E-state index in [0.717, 1.165) is 0 Å². The fourth-order valence-electron chi connectivity index (χ4n) is 1.36. The molecule has 0 atom stereocenters. The zero-order valence-corrected chi connectivity index (χ0v) is 8.84. The third-order valence-corrected chi connectivity index (χ3v) is 2.08. The van der Waals surface area contributed by atoms with Crippen molar-refractivity contribution in [2.24, 2.45) is 0 Å². The smallest absolute Gasteiger partial charge is 0.130 e. The molecular weight excluding hydrogens is 212 g/mol. The van der Waals surface area contributed by atoms with E-state index >= 15 is 0 Å². The van der Waals surface area contributed by atoms with Crippen molar-refractivity contribution in [1.29, 1.82) is 10.5 Å². The second-order valence-corrected chi connectivity index (χ2v) is 3.31. The number of nitriles is 2. The molecule has 3 nitrogen and oxygen atoms in total. The average Bonchev–Trinajstić information content (AvgIpc) is 2.39. The van der Waals surface area contributed by atoms with Crippen molar-refractivity contribution in [2.45, 2.75) is 0 Å². The highest BCUT2D eigenvalue weighted by molar-refractivity contribution is 5.46. The summed E-state index contributed by atoms with van der Waals surface area (Å²) in [6.45, 7) is 0. The van der Waals surface area contributed by atoms with E-state index in [1.807, 2.05) is 12.1 Å². The van der Waals surface area contributed by atoms with E-state index in [-0.39, 0.29) is 0 Å². The Morgan fingerprint density at radius 3 is 2.24 bits per heavy atom. The van der Waals surface area contributed by atoms with Crippen molar-refractivity contribution in [3.63, 3.8) is 0 Å². The minimum absolute atomic E-state index is 0.402. The van der Waals surface area contributed by atoms with E-state index in [4.69, 9.17) is 15.3 Å². The maximum atomic E-state index is 8.83. The molecule has 3 heteroatoms. The molecule has 0 spiro atoms. The number of hydrogen-bond acceptors (Lipinski definition) is 3. The van der Waals surface area contributed by atoms with Gasteiger partial charge in [0.2, 0.25) is 0 Å². The summed E-state index contributed by atoms with van der Waals surface area (Å²) >= 11 is 0. The third kappa shape index (κ3) is 2.62. The molecule has 79 valence electrons. The lowest BCUT2D eigenvalue weighted by Crippen LogP contribution is -1.87. The highest BCUT2D eigenvalue weighted by Gasteiger charge is 2.02. The van der Waals surface area contributed by atoms with Gasteiger partial charge in [-0.1, -0.05) is 12.1 Å². The molecular formula is C14H7N2O. The highest BCUT2D eigenvalue weighted by atomic mass is 16.5. The van der Waals surface area contributed by atoms with Crippen LogP contribution in [0.4, 0.5) is 0 Å². The predicted octanol–water partition coefficient (Wildman–Crippen LogP) is 3.02. The number of nitrogens with zero attached hydrogens (tertiary/aromatic N) is 2. The van der Waals surface area contributed by atoms with E-state index in [1.165, 1.54) is 6.07 Å². The molecule has 0 aliphatic carbocycles. The highest BCUT2D eigenvalue weighted by Crippen LogP contribution is 2.23. The van der Waals surface area contributed by atoms with Gasteiger partial charge in [0, 0.05) is 0 Å². The van der Waals surface area contributed by atoms with Crippen LogP contribution in [0.25, 0.3) is 0 Å². The van der Waals surface area contributed by atoms with Crippen molar-refractivity contribution in [2.75, 3.05) is 0 Å². The van der Waals surface area contributed by atoms with Gasteiger partial charge < -0.3 is 4.74 Å². The lowest BCUT2D eigenvalue weighted by molar-refractivity contribution is 0.482. The standard InChI is InChI=1S/C14H7N2O/c15-9-11-6-12(10-16)8-14(7-11)17-13-4-2-1-3-5-13/h1-2,4-8H. The number of benzene rings is 2. The lowest BCUT2D eigenvalue weighted by atomic mass is 10.1. The third-order valence-electron chi connectivity index (χ3n) is 2.08. The molecule has 0 saturated carbocycles. The van der Waals surface area contributed by atoms with Gasteiger partial charge in [0.25, 0.3) is 0 Å². The molecule has 2 aromatic rings. The fraction of sp³-hybridized carbons (Fsp3) is 0. The van der Waals surface area contributed by atoms with Gasteiger partial charge in [0.15, 0.2) is 0 Å². The molecule has 1 radical (unpaired) electrons. The Labute approximate surface area is 99.1 Å². The van der Waals surface area contributed by atoms with Gasteiger partial charge in [-0.3, -0.25) is 0 Å². The van der Waals surface area contributed by atoms with Gasteiger partial charge in [-0.15, -0.1) is 0 Å². The molecule has 0 amide bonds. The Balaban J connectivity index is 2.34. The molecule has 0 aliphatic heterocycles. The Bertz CT molecular complexity index is 574. The summed E-state index contributed by atoms with van der Waals surface area (Å²) < 4.78 is 5.53. The Kier molecular flexibility index (Phi) is 3.05. The van der Waals surface area contributed by atoms with Gasteiger partial charge in [-0.05, 0) is 36.4 Å². The largest absolute Gasteiger partial charge is 0.457 e. The minimum Gasteiger partial charge on any atom is -0.457 e. The first-order valence-electron chi connectivity index (χ1n) is 4.91. The van der Waals surface area contributed by atoms with Crippen molar-refractivity contribution < 1.29 is 4.74 Å². The summed E-state index contributed by atoms with van der Waals surface area (Å²) in [6, 6.07) is 18.6. The van der Waals surface area contributed by atoms with E-state index in [1.54, 1.807) is 36.4 Å². The summed E-state index contributed by atoms with van der Waals surface area (Å²) in [6.07, 6.45) is 0. The number of hydrogen-bond donors (Lipinski definition) is 0. The van der Waals surface area contributed by atoms with E-state index < -0.39 is 0 Å².